The Kier molecular flexibility index (Phi) is 4.12. The number of aromatic amines is 1. The molecule has 0 atom stereocenters. The normalized spacial score (nSPS) is 16.5. The standard InChI is InChI=1S/C14H22N6O2/c1-3-20-12-11(13(21)17-14(20)22)18(2)10(16-12)4-7-19-8-5-15-6-9-19/h15H,3-9H2,1-2H3,(H,17,21,22). The lowest BCUT2D eigenvalue weighted by Crippen LogP contribution is -2.44. The Bertz CT molecular complexity index is 781. The van der Waals surface area contributed by atoms with Gasteiger partial charge in [-0.05, 0) is 6.92 Å². The molecule has 1 aliphatic heterocycles. The minimum Gasteiger partial charge on any atom is -0.325 e. The molecule has 3 rings (SSSR count). The van der Waals surface area contributed by atoms with Crippen LogP contribution in [0.3, 0.4) is 0 Å². The van der Waals surface area contributed by atoms with E-state index < -0.39 is 5.69 Å². The third-order valence-electron chi connectivity index (χ3n) is 4.28. The van der Waals surface area contributed by atoms with Crippen LogP contribution in [0.2, 0.25) is 0 Å². The Balaban J connectivity index is 1.93. The van der Waals surface area contributed by atoms with Crippen molar-refractivity contribution in [3.63, 3.8) is 0 Å². The van der Waals surface area contributed by atoms with Crippen molar-refractivity contribution in [3.8, 4) is 0 Å². The average Bonchev–Trinajstić information content (AvgIpc) is 2.84. The number of piperazine rings is 1. The van der Waals surface area contributed by atoms with E-state index in [0.717, 1.165) is 45.0 Å². The van der Waals surface area contributed by atoms with E-state index in [2.05, 4.69) is 20.2 Å². The van der Waals surface area contributed by atoms with Crippen molar-refractivity contribution in [2.45, 2.75) is 19.9 Å². The topological polar surface area (TPSA) is 87.9 Å². The van der Waals surface area contributed by atoms with E-state index in [1.54, 1.807) is 0 Å². The first kappa shape index (κ1) is 15.0. The smallest absolute Gasteiger partial charge is 0.325 e. The number of hydrogen-bond donors (Lipinski definition) is 2. The number of nitrogens with one attached hydrogen (secondary N) is 2. The molecule has 0 radical (unpaired) electrons. The van der Waals surface area contributed by atoms with Gasteiger partial charge in [-0.25, -0.2) is 9.78 Å². The quantitative estimate of drug-likeness (QED) is 0.748. The lowest BCUT2D eigenvalue weighted by Gasteiger charge is -2.26. The Hall–Kier alpha value is -1.93. The van der Waals surface area contributed by atoms with Crippen LogP contribution < -0.4 is 16.6 Å². The molecular formula is C14H22N6O2. The van der Waals surface area contributed by atoms with Gasteiger partial charge in [0.25, 0.3) is 5.56 Å². The molecule has 120 valence electrons. The fourth-order valence-corrected chi connectivity index (χ4v) is 3.00. The van der Waals surface area contributed by atoms with Crippen LogP contribution in [-0.2, 0) is 20.0 Å². The Labute approximate surface area is 127 Å². The van der Waals surface area contributed by atoms with Crippen molar-refractivity contribution in [1.29, 1.82) is 0 Å². The number of hydrogen-bond acceptors (Lipinski definition) is 5. The van der Waals surface area contributed by atoms with E-state index in [1.807, 2.05) is 18.5 Å². The second kappa shape index (κ2) is 6.05. The van der Waals surface area contributed by atoms with Crippen LogP contribution >= 0.6 is 0 Å². The van der Waals surface area contributed by atoms with Crippen LogP contribution in [0.4, 0.5) is 0 Å². The number of fused-ring (bicyclic) bond motifs is 1. The number of aryl methyl sites for hydroxylation is 2. The lowest BCUT2D eigenvalue weighted by atomic mass is 10.3. The average molecular weight is 306 g/mol. The van der Waals surface area contributed by atoms with E-state index >= 15 is 0 Å². The minimum atomic E-state index is -0.397. The second-order valence-corrected chi connectivity index (χ2v) is 5.60. The molecule has 1 aliphatic rings. The van der Waals surface area contributed by atoms with Gasteiger partial charge in [0.15, 0.2) is 11.2 Å². The van der Waals surface area contributed by atoms with E-state index in [-0.39, 0.29) is 5.56 Å². The summed E-state index contributed by atoms with van der Waals surface area (Å²) in [7, 11) is 1.84. The van der Waals surface area contributed by atoms with Crippen molar-refractivity contribution in [1.82, 2.24) is 29.3 Å². The summed E-state index contributed by atoms with van der Waals surface area (Å²) in [6.45, 7) is 7.35. The molecule has 0 bridgehead atoms. The molecule has 0 aromatic carbocycles. The van der Waals surface area contributed by atoms with Gasteiger partial charge in [0.2, 0.25) is 0 Å². The highest BCUT2D eigenvalue weighted by Gasteiger charge is 2.17. The molecule has 2 N–H and O–H groups in total. The molecule has 0 saturated carbocycles. The molecule has 2 aromatic rings. The van der Waals surface area contributed by atoms with E-state index in [4.69, 9.17) is 0 Å². The van der Waals surface area contributed by atoms with Gasteiger partial charge >= 0.3 is 5.69 Å². The highest BCUT2D eigenvalue weighted by Crippen LogP contribution is 2.10. The predicted molar refractivity (Wildman–Crippen MR) is 84.3 cm³/mol. The maximum atomic E-state index is 12.1. The predicted octanol–water partition coefficient (Wildman–Crippen LogP) is -1.11. The van der Waals surface area contributed by atoms with Crippen LogP contribution in [0.25, 0.3) is 11.2 Å². The van der Waals surface area contributed by atoms with Gasteiger partial charge in [-0.2, -0.15) is 0 Å². The summed E-state index contributed by atoms with van der Waals surface area (Å²) in [5.74, 6) is 0.840. The third kappa shape index (κ3) is 2.59. The summed E-state index contributed by atoms with van der Waals surface area (Å²) in [4.78, 5) is 33.2. The molecule has 1 saturated heterocycles. The molecule has 22 heavy (non-hydrogen) atoms. The number of rotatable bonds is 4. The summed E-state index contributed by atoms with van der Waals surface area (Å²) in [6.07, 6.45) is 0.766. The first-order chi connectivity index (χ1) is 10.6. The Morgan fingerprint density at radius 1 is 1.23 bits per heavy atom. The fraction of sp³-hybridized carbons (Fsp3) is 0.643. The molecule has 0 aliphatic carbocycles. The Morgan fingerprint density at radius 2 is 1.95 bits per heavy atom. The highest BCUT2D eigenvalue weighted by atomic mass is 16.2. The Morgan fingerprint density at radius 3 is 2.64 bits per heavy atom. The first-order valence-corrected chi connectivity index (χ1v) is 7.73. The molecule has 0 amide bonds. The largest absolute Gasteiger partial charge is 0.330 e. The minimum absolute atomic E-state index is 0.367. The zero-order valence-corrected chi connectivity index (χ0v) is 13.1. The van der Waals surface area contributed by atoms with E-state index in [0.29, 0.717) is 17.7 Å². The summed E-state index contributed by atoms with van der Waals surface area (Å²) < 4.78 is 3.31. The van der Waals surface area contributed by atoms with Crippen molar-refractivity contribution < 1.29 is 0 Å². The van der Waals surface area contributed by atoms with Crippen molar-refractivity contribution in [2.75, 3.05) is 32.7 Å². The van der Waals surface area contributed by atoms with Crippen LogP contribution in [-0.4, -0.2) is 56.7 Å². The van der Waals surface area contributed by atoms with Crippen LogP contribution in [0.15, 0.2) is 9.59 Å². The monoisotopic (exact) mass is 306 g/mol. The van der Waals surface area contributed by atoms with Gasteiger partial charge in [0, 0.05) is 52.7 Å². The molecule has 2 aromatic heterocycles. The maximum Gasteiger partial charge on any atom is 0.330 e. The zero-order chi connectivity index (χ0) is 15.7. The van der Waals surface area contributed by atoms with Crippen molar-refractivity contribution >= 4 is 11.2 Å². The van der Waals surface area contributed by atoms with Crippen LogP contribution in [0.5, 0.6) is 0 Å². The van der Waals surface area contributed by atoms with Gasteiger partial charge in [-0.1, -0.05) is 0 Å². The third-order valence-corrected chi connectivity index (χ3v) is 4.28. The first-order valence-electron chi connectivity index (χ1n) is 7.73. The molecule has 0 unspecified atom stereocenters. The molecular weight excluding hydrogens is 284 g/mol. The summed E-state index contributed by atoms with van der Waals surface area (Å²) in [6, 6.07) is 0. The fourth-order valence-electron chi connectivity index (χ4n) is 3.00. The SMILES string of the molecule is CCn1c(=O)[nH]c(=O)c2c1nc(CCN1CCNCC1)n2C. The molecule has 3 heterocycles. The van der Waals surface area contributed by atoms with Crippen molar-refractivity contribution in [3.05, 3.63) is 26.7 Å². The number of aromatic nitrogens is 4. The summed E-state index contributed by atoms with van der Waals surface area (Å²) in [5.41, 5.74) is 0.186. The zero-order valence-electron chi connectivity index (χ0n) is 13.1. The maximum absolute atomic E-state index is 12.1. The van der Waals surface area contributed by atoms with Gasteiger partial charge in [0.05, 0.1) is 0 Å². The number of imidazole rings is 1. The number of nitrogens with zero attached hydrogens (tertiary/aromatic N) is 4. The highest BCUT2D eigenvalue weighted by molar-refractivity contribution is 5.70. The van der Waals surface area contributed by atoms with Crippen molar-refractivity contribution in [2.24, 2.45) is 7.05 Å². The molecule has 1 fully saturated rings. The van der Waals surface area contributed by atoms with Gasteiger partial charge in [-0.3, -0.25) is 14.3 Å². The van der Waals surface area contributed by atoms with E-state index in [9.17, 15) is 9.59 Å². The van der Waals surface area contributed by atoms with Gasteiger partial charge in [0.1, 0.15) is 5.82 Å². The summed E-state index contributed by atoms with van der Waals surface area (Å²) >= 11 is 0. The second-order valence-electron chi connectivity index (χ2n) is 5.60. The molecule has 0 spiro atoms. The lowest BCUT2D eigenvalue weighted by molar-refractivity contribution is 0.242. The molecule has 8 heteroatoms. The summed E-state index contributed by atoms with van der Waals surface area (Å²) in [5, 5.41) is 3.33. The van der Waals surface area contributed by atoms with Crippen LogP contribution in [0.1, 0.15) is 12.7 Å². The number of H-pyrrole nitrogens is 1. The van der Waals surface area contributed by atoms with Crippen LogP contribution in [0, 0.1) is 0 Å². The van der Waals surface area contributed by atoms with Gasteiger partial charge < -0.3 is 14.8 Å². The van der Waals surface area contributed by atoms with E-state index in [1.165, 1.54) is 4.57 Å². The molecule has 8 nitrogen and oxygen atoms in total. The van der Waals surface area contributed by atoms with Gasteiger partial charge in [-0.15, -0.1) is 0 Å².